The van der Waals surface area contributed by atoms with Crippen LogP contribution in [0.25, 0.3) is 12.2 Å². The molecule has 0 spiro atoms. The van der Waals surface area contributed by atoms with Crippen molar-refractivity contribution in [2.75, 3.05) is 0 Å². The number of halogens is 2. The zero-order valence-corrected chi connectivity index (χ0v) is 15.5. The summed E-state index contributed by atoms with van der Waals surface area (Å²) in [6.45, 7) is 0. The second kappa shape index (κ2) is 7.43. The van der Waals surface area contributed by atoms with Gasteiger partial charge in [-0.05, 0) is 72.2 Å². The third-order valence-electron chi connectivity index (χ3n) is 3.98. The Kier molecular flexibility index (Phi) is 5.32. The molecule has 0 radical (unpaired) electrons. The van der Waals surface area contributed by atoms with Crippen molar-refractivity contribution in [1.82, 2.24) is 0 Å². The largest absolute Gasteiger partial charge is 0.0539 e. The topological polar surface area (TPSA) is 0 Å². The Morgan fingerprint density at radius 2 is 0.955 bits per heavy atom. The van der Waals surface area contributed by atoms with E-state index in [0.717, 1.165) is 8.95 Å². The highest BCUT2D eigenvalue weighted by atomic mass is 79.9. The molecule has 0 N–H and O–H groups in total. The summed E-state index contributed by atoms with van der Waals surface area (Å²) < 4.78 is 2.26. The Bertz CT molecular complexity index is 628. The summed E-state index contributed by atoms with van der Waals surface area (Å²) >= 11 is 6.99. The molecule has 1 fully saturated rings. The Hall–Kier alpha value is -1.12. The van der Waals surface area contributed by atoms with Crippen LogP contribution in [0.4, 0.5) is 0 Å². The quantitative estimate of drug-likeness (QED) is 0.482. The van der Waals surface area contributed by atoms with Crippen LogP contribution in [0.15, 0.2) is 68.6 Å². The molecule has 0 amide bonds. The molecular weight excluding hydrogens is 400 g/mol. The van der Waals surface area contributed by atoms with Crippen LogP contribution in [0, 0.1) is 0 Å². The minimum Gasteiger partial charge on any atom is -0.0539 e. The minimum atomic E-state index is 1.13. The third-order valence-corrected chi connectivity index (χ3v) is 5.03. The fourth-order valence-corrected chi connectivity index (χ4v) is 3.33. The number of rotatable bonds is 2. The average Bonchev–Trinajstić information content (AvgIpc) is 2.54. The van der Waals surface area contributed by atoms with Crippen molar-refractivity contribution < 1.29 is 0 Å². The molecule has 0 heterocycles. The maximum Gasteiger partial charge on any atom is 0.0175 e. The van der Waals surface area contributed by atoms with Gasteiger partial charge in [0.2, 0.25) is 0 Å². The molecule has 0 bridgehead atoms. The molecule has 0 saturated heterocycles. The minimum absolute atomic E-state index is 1.13. The Morgan fingerprint density at radius 3 is 1.32 bits per heavy atom. The molecule has 3 rings (SSSR count). The summed E-state index contributed by atoms with van der Waals surface area (Å²) in [5.41, 5.74) is 5.52. The fourth-order valence-electron chi connectivity index (χ4n) is 2.80. The maximum absolute atomic E-state index is 3.50. The Labute approximate surface area is 149 Å². The van der Waals surface area contributed by atoms with Gasteiger partial charge >= 0.3 is 0 Å². The van der Waals surface area contributed by atoms with E-state index in [0.29, 0.717) is 0 Å². The molecule has 0 aromatic heterocycles. The lowest BCUT2D eigenvalue weighted by molar-refractivity contribution is 0.685. The molecule has 0 atom stereocenters. The van der Waals surface area contributed by atoms with E-state index < -0.39 is 0 Å². The zero-order chi connectivity index (χ0) is 15.4. The van der Waals surface area contributed by atoms with Gasteiger partial charge in [0, 0.05) is 8.95 Å². The van der Waals surface area contributed by atoms with Gasteiger partial charge in [-0.15, -0.1) is 0 Å². The van der Waals surface area contributed by atoms with Crippen molar-refractivity contribution in [1.29, 1.82) is 0 Å². The number of hydrogen-bond donors (Lipinski definition) is 0. The predicted molar refractivity (Wildman–Crippen MR) is 103 cm³/mol. The second-order valence-electron chi connectivity index (χ2n) is 5.65. The summed E-state index contributed by atoms with van der Waals surface area (Å²) in [6.07, 6.45) is 9.63. The predicted octanol–water partition coefficient (Wildman–Crippen LogP) is 7.25. The summed E-state index contributed by atoms with van der Waals surface area (Å²) in [6, 6.07) is 17.1. The molecule has 0 unspecified atom stereocenters. The van der Waals surface area contributed by atoms with Crippen molar-refractivity contribution in [2.45, 2.75) is 25.7 Å². The van der Waals surface area contributed by atoms with Crippen molar-refractivity contribution in [3.8, 4) is 0 Å². The van der Waals surface area contributed by atoms with E-state index in [2.05, 4.69) is 92.5 Å². The normalized spacial score (nSPS) is 18.8. The van der Waals surface area contributed by atoms with Gasteiger partial charge in [0.15, 0.2) is 0 Å². The lowest BCUT2D eigenvalue weighted by Gasteiger charge is -2.18. The molecule has 1 aliphatic rings. The van der Waals surface area contributed by atoms with E-state index in [1.54, 1.807) is 0 Å². The van der Waals surface area contributed by atoms with E-state index in [1.165, 1.54) is 48.0 Å². The summed E-state index contributed by atoms with van der Waals surface area (Å²) in [7, 11) is 0. The van der Waals surface area contributed by atoms with Gasteiger partial charge in [0.05, 0.1) is 0 Å². The highest BCUT2D eigenvalue weighted by Gasteiger charge is 2.11. The van der Waals surface area contributed by atoms with Gasteiger partial charge < -0.3 is 0 Å². The van der Waals surface area contributed by atoms with Gasteiger partial charge in [-0.3, -0.25) is 0 Å². The molecule has 2 aromatic carbocycles. The molecule has 22 heavy (non-hydrogen) atoms. The monoisotopic (exact) mass is 416 g/mol. The van der Waals surface area contributed by atoms with Crippen LogP contribution in [0.2, 0.25) is 0 Å². The van der Waals surface area contributed by atoms with E-state index >= 15 is 0 Å². The van der Waals surface area contributed by atoms with Crippen molar-refractivity contribution in [3.63, 3.8) is 0 Å². The van der Waals surface area contributed by atoms with E-state index in [-0.39, 0.29) is 0 Å². The van der Waals surface area contributed by atoms with Crippen LogP contribution >= 0.6 is 31.9 Å². The molecule has 112 valence electrons. The lowest BCUT2D eigenvalue weighted by Crippen LogP contribution is -1.98. The maximum atomic E-state index is 3.50. The van der Waals surface area contributed by atoms with Gasteiger partial charge in [-0.25, -0.2) is 0 Å². The van der Waals surface area contributed by atoms with Gasteiger partial charge in [0.1, 0.15) is 0 Å². The van der Waals surface area contributed by atoms with Crippen molar-refractivity contribution in [2.24, 2.45) is 0 Å². The number of benzene rings is 2. The lowest BCUT2D eigenvalue weighted by atomic mass is 9.87. The van der Waals surface area contributed by atoms with Crippen LogP contribution < -0.4 is 0 Å². The summed E-state index contributed by atoms with van der Waals surface area (Å²) in [5, 5.41) is 0. The van der Waals surface area contributed by atoms with Crippen LogP contribution in [0.3, 0.4) is 0 Å². The highest BCUT2D eigenvalue weighted by molar-refractivity contribution is 9.10. The molecule has 2 aromatic rings. The van der Waals surface area contributed by atoms with Crippen molar-refractivity contribution in [3.05, 3.63) is 79.7 Å². The molecule has 0 nitrogen and oxygen atoms in total. The first-order valence-electron chi connectivity index (χ1n) is 7.63. The molecule has 1 saturated carbocycles. The SMILES string of the molecule is Brc1ccc(/C=C2\CCCC\C2=C/c2ccc(Br)cc2)cc1. The number of hydrogen-bond acceptors (Lipinski definition) is 0. The first kappa shape index (κ1) is 15.8. The standard InChI is InChI=1S/C20H18Br2/c21-19-9-5-15(6-10-19)13-17-3-1-2-4-18(17)14-16-7-11-20(22)12-8-16/h5-14H,1-4H2/b17-13+,18-14+. The molecular formula is C20H18Br2. The van der Waals surface area contributed by atoms with Crippen molar-refractivity contribution >= 4 is 44.0 Å². The van der Waals surface area contributed by atoms with Gasteiger partial charge in [0.25, 0.3) is 0 Å². The molecule has 0 aliphatic heterocycles. The van der Waals surface area contributed by atoms with E-state index in [1.807, 2.05) is 0 Å². The smallest absolute Gasteiger partial charge is 0.0175 e. The van der Waals surface area contributed by atoms with Crippen LogP contribution in [-0.4, -0.2) is 0 Å². The summed E-state index contributed by atoms with van der Waals surface area (Å²) in [4.78, 5) is 0. The third kappa shape index (κ3) is 4.21. The number of allylic oxidation sites excluding steroid dienone is 2. The van der Waals surface area contributed by atoms with Gasteiger partial charge in [-0.2, -0.15) is 0 Å². The highest BCUT2D eigenvalue weighted by Crippen LogP contribution is 2.32. The second-order valence-corrected chi connectivity index (χ2v) is 7.48. The summed E-state index contributed by atoms with van der Waals surface area (Å²) in [5.74, 6) is 0. The van der Waals surface area contributed by atoms with Crippen LogP contribution in [0.1, 0.15) is 36.8 Å². The molecule has 2 heteroatoms. The van der Waals surface area contributed by atoms with E-state index in [9.17, 15) is 0 Å². The van der Waals surface area contributed by atoms with Crippen LogP contribution in [-0.2, 0) is 0 Å². The first-order chi connectivity index (χ1) is 10.7. The Morgan fingerprint density at radius 1 is 0.591 bits per heavy atom. The zero-order valence-electron chi connectivity index (χ0n) is 12.4. The van der Waals surface area contributed by atoms with E-state index in [4.69, 9.17) is 0 Å². The fraction of sp³-hybridized carbons (Fsp3) is 0.200. The molecule has 1 aliphatic carbocycles. The van der Waals surface area contributed by atoms with Gasteiger partial charge in [-0.1, -0.05) is 68.3 Å². The van der Waals surface area contributed by atoms with Crippen LogP contribution in [0.5, 0.6) is 0 Å². The first-order valence-corrected chi connectivity index (χ1v) is 9.22. The average molecular weight is 418 g/mol. The Balaban J connectivity index is 1.90.